The van der Waals surface area contributed by atoms with Crippen molar-refractivity contribution in [2.45, 2.75) is 25.7 Å². The van der Waals surface area contributed by atoms with E-state index in [1.807, 2.05) is 17.0 Å². The van der Waals surface area contributed by atoms with Gasteiger partial charge in [0.05, 0.1) is 34.4 Å². The summed E-state index contributed by atoms with van der Waals surface area (Å²) in [5.74, 6) is 2.12. The Bertz CT molecular complexity index is 730. The number of esters is 1. The maximum absolute atomic E-state index is 12.8. The molecule has 0 unspecified atom stereocenters. The molecule has 154 valence electrons. The lowest BCUT2D eigenvalue weighted by Crippen LogP contribution is -2.30. The van der Waals surface area contributed by atoms with Crippen molar-refractivity contribution in [2.75, 3.05) is 41.5 Å². The van der Waals surface area contributed by atoms with Crippen molar-refractivity contribution in [3.8, 4) is 17.2 Å². The van der Waals surface area contributed by atoms with Gasteiger partial charge in [-0.1, -0.05) is 6.07 Å². The molecule has 1 aliphatic carbocycles. The number of hydrogen-bond acceptors (Lipinski definition) is 6. The first kappa shape index (κ1) is 20.3. The summed E-state index contributed by atoms with van der Waals surface area (Å²) < 4.78 is 21.2. The van der Waals surface area contributed by atoms with E-state index in [0.717, 1.165) is 18.4 Å². The molecule has 1 heterocycles. The van der Waals surface area contributed by atoms with Crippen LogP contribution in [0.4, 0.5) is 0 Å². The van der Waals surface area contributed by atoms with E-state index in [2.05, 4.69) is 0 Å². The maximum Gasteiger partial charge on any atom is 0.310 e. The summed E-state index contributed by atoms with van der Waals surface area (Å²) in [6.45, 7) is 1.10. The topological polar surface area (TPSA) is 74.3 Å². The number of methoxy groups -OCH3 is 4. The fraction of sp³-hybridized carbons (Fsp3) is 0.619. The molecule has 1 saturated heterocycles. The van der Waals surface area contributed by atoms with Gasteiger partial charge in [-0.25, -0.2) is 0 Å². The highest BCUT2D eigenvalue weighted by Gasteiger charge is 2.47. The van der Waals surface area contributed by atoms with Gasteiger partial charge in [-0.3, -0.25) is 9.59 Å². The third-order valence-corrected chi connectivity index (χ3v) is 5.84. The summed E-state index contributed by atoms with van der Waals surface area (Å²) in [7, 11) is 6.12. The van der Waals surface area contributed by atoms with Crippen molar-refractivity contribution in [1.82, 2.24) is 4.90 Å². The minimum Gasteiger partial charge on any atom is -0.493 e. The summed E-state index contributed by atoms with van der Waals surface area (Å²) in [6, 6.07) is 3.70. The Labute approximate surface area is 165 Å². The number of ether oxygens (including phenoxy) is 4. The number of rotatable bonds is 8. The molecule has 2 fully saturated rings. The number of benzene rings is 1. The highest BCUT2D eigenvalue weighted by molar-refractivity contribution is 5.80. The zero-order valence-corrected chi connectivity index (χ0v) is 17.0. The third kappa shape index (κ3) is 4.03. The Hall–Kier alpha value is -2.44. The highest BCUT2D eigenvalue weighted by atomic mass is 16.5. The fourth-order valence-electron chi connectivity index (χ4n) is 4.20. The molecule has 0 spiro atoms. The lowest BCUT2D eigenvalue weighted by atomic mass is 9.92. The van der Waals surface area contributed by atoms with Crippen LogP contribution in [0.15, 0.2) is 12.1 Å². The van der Waals surface area contributed by atoms with E-state index < -0.39 is 0 Å². The molecule has 2 aliphatic rings. The predicted molar refractivity (Wildman–Crippen MR) is 103 cm³/mol. The van der Waals surface area contributed by atoms with Crippen LogP contribution in [-0.2, 0) is 20.7 Å². The first-order valence-corrected chi connectivity index (χ1v) is 9.67. The lowest BCUT2D eigenvalue weighted by molar-refractivity contribution is -0.146. The third-order valence-electron chi connectivity index (χ3n) is 5.84. The van der Waals surface area contributed by atoms with Gasteiger partial charge >= 0.3 is 5.97 Å². The molecule has 1 aromatic carbocycles. The Kier molecular flexibility index (Phi) is 6.31. The minimum absolute atomic E-state index is 0.0499. The van der Waals surface area contributed by atoms with Crippen LogP contribution >= 0.6 is 0 Å². The number of hydrogen-bond donors (Lipinski definition) is 0. The van der Waals surface area contributed by atoms with Crippen LogP contribution in [0.25, 0.3) is 0 Å². The molecule has 7 heteroatoms. The van der Waals surface area contributed by atoms with Crippen LogP contribution in [0.3, 0.4) is 0 Å². The van der Waals surface area contributed by atoms with Crippen molar-refractivity contribution in [2.24, 2.45) is 17.8 Å². The number of carbonyl (C=O) groups excluding carboxylic acids is 2. The monoisotopic (exact) mass is 391 g/mol. The van der Waals surface area contributed by atoms with Crippen LogP contribution in [0.1, 0.15) is 24.8 Å². The van der Waals surface area contributed by atoms with Gasteiger partial charge < -0.3 is 23.8 Å². The Morgan fingerprint density at radius 1 is 1.00 bits per heavy atom. The van der Waals surface area contributed by atoms with Crippen LogP contribution in [0.5, 0.6) is 17.2 Å². The first-order valence-electron chi connectivity index (χ1n) is 9.67. The van der Waals surface area contributed by atoms with E-state index in [4.69, 9.17) is 18.9 Å². The molecule has 0 bridgehead atoms. The lowest BCUT2D eigenvalue weighted by Gasteiger charge is -2.18. The van der Waals surface area contributed by atoms with Crippen molar-refractivity contribution >= 4 is 11.9 Å². The van der Waals surface area contributed by atoms with E-state index >= 15 is 0 Å². The van der Waals surface area contributed by atoms with Crippen LogP contribution in [0, 0.1) is 17.8 Å². The average Bonchev–Trinajstić information content (AvgIpc) is 3.48. The fourth-order valence-corrected chi connectivity index (χ4v) is 4.20. The number of carbonyl (C=O) groups is 2. The normalized spacial score (nSPS) is 21.4. The van der Waals surface area contributed by atoms with Crippen molar-refractivity contribution < 1.29 is 28.5 Å². The molecule has 28 heavy (non-hydrogen) atoms. The summed E-state index contributed by atoms with van der Waals surface area (Å²) in [4.78, 5) is 26.8. The van der Waals surface area contributed by atoms with Gasteiger partial charge in [0, 0.05) is 19.5 Å². The van der Waals surface area contributed by atoms with E-state index in [0.29, 0.717) is 49.1 Å². The van der Waals surface area contributed by atoms with Gasteiger partial charge in [0.25, 0.3) is 0 Å². The average molecular weight is 391 g/mol. The van der Waals surface area contributed by atoms with Crippen LogP contribution in [0.2, 0.25) is 0 Å². The maximum atomic E-state index is 12.8. The molecule has 1 aliphatic heterocycles. The number of aryl methyl sites for hydroxylation is 1. The summed E-state index contributed by atoms with van der Waals surface area (Å²) >= 11 is 0. The molecule has 3 rings (SSSR count). The Balaban J connectivity index is 1.67. The van der Waals surface area contributed by atoms with E-state index in [1.165, 1.54) is 7.11 Å². The zero-order chi connectivity index (χ0) is 20.3. The highest BCUT2D eigenvalue weighted by Crippen LogP contribution is 2.44. The second-order valence-corrected chi connectivity index (χ2v) is 7.42. The van der Waals surface area contributed by atoms with Crippen molar-refractivity contribution in [3.05, 3.63) is 17.7 Å². The molecule has 1 saturated carbocycles. The Morgan fingerprint density at radius 3 is 2.29 bits per heavy atom. The molecule has 2 atom stereocenters. The number of likely N-dealkylation sites (tertiary alicyclic amines) is 1. The predicted octanol–water partition coefficient (Wildman–Crippen LogP) is 2.30. The molecule has 0 aromatic heterocycles. The van der Waals surface area contributed by atoms with Crippen LogP contribution in [-0.4, -0.2) is 58.3 Å². The molecular formula is C21H29NO6. The van der Waals surface area contributed by atoms with Crippen LogP contribution < -0.4 is 14.2 Å². The molecular weight excluding hydrogens is 362 g/mol. The smallest absolute Gasteiger partial charge is 0.310 e. The number of nitrogens with zero attached hydrogens (tertiary/aromatic N) is 1. The van der Waals surface area contributed by atoms with Gasteiger partial charge in [-0.05, 0) is 42.7 Å². The second kappa shape index (κ2) is 8.71. The molecule has 7 nitrogen and oxygen atoms in total. The first-order chi connectivity index (χ1) is 13.5. The van der Waals surface area contributed by atoms with Crippen molar-refractivity contribution in [3.63, 3.8) is 0 Å². The van der Waals surface area contributed by atoms with Gasteiger partial charge in [0.15, 0.2) is 11.5 Å². The van der Waals surface area contributed by atoms with Gasteiger partial charge in [-0.2, -0.15) is 0 Å². The quantitative estimate of drug-likeness (QED) is 0.633. The summed E-state index contributed by atoms with van der Waals surface area (Å²) in [5, 5.41) is 0. The molecule has 0 radical (unpaired) electrons. The van der Waals surface area contributed by atoms with Gasteiger partial charge in [0.2, 0.25) is 11.7 Å². The SMILES string of the molecule is COC(=O)[C@H]1CN(C(=O)CCc2ccc(OC)c(OC)c2OC)C[C@@H]1C1CC1. The van der Waals surface area contributed by atoms with Gasteiger partial charge in [-0.15, -0.1) is 0 Å². The van der Waals surface area contributed by atoms with Crippen molar-refractivity contribution in [1.29, 1.82) is 0 Å². The standard InChI is InChI=1S/C21H29NO6/c1-25-17-9-7-14(19(26-2)20(17)27-3)8-10-18(23)22-11-15(13-5-6-13)16(12-22)21(24)28-4/h7,9,13,15-16H,5-6,8,10-12H2,1-4H3/t15-,16+/m1/s1. The molecule has 0 N–H and O–H groups in total. The number of amides is 1. The van der Waals surface area contributed by atoms with Gasteiger partial charge in [0.1, 0.15) is 0 Å². The van der Waals surface area contributed by atoms with E-state index in [-0.39, 0.29) is 23.7 Å². The summed E-state index contributed by atoms with van der Waals surface area (Å²) in [6.07, 6.45) is 3.15. The largest absolute Gasteiger partial charge is 0.493 e. The molecule has 1 aromatic rings. The Morgan fingerprint density at radius 2 is 1.71 bits per heavy atom. The van der Waals surface area contributed by atoms with E-state index in [9.17, 15) is 9.59 Å². The summed E-state index contributed by atoms with van der Waals surface area (Å²) in [5.41, 5.74) is 0.885. The van der Waals surface area contributed by atoms with E-state index in [1.54, 1.807) is 21.3 Å². The zero-order valence-electron chi connectivity index (χ0n) is 17.0. The minimum atomic E-state index is -0.200. The molecule has 1 amide bonds. The second-order valence-electron chi connectivity index (χ2n) is 7.42.